The van der Waals surface area contributed by atoms with Crippen molar-refractivity contribution in [2.75, 3.05) is 33.7 Å². The van der Waals surface area contributed by atoms with Crippen LogP contribution in [0.2, 0.25) is 0 Å². The van der Waals surface area contributed by atoms with Crippen molar-refractivity contribution in [2.45, 2.75) is 25.8 Å². The lowest BCUT2D eigenvalue weighted by Gasteiger charge is -2.36. The number of rotatable bonds is 5. The molecule has 110 valence electrons. The quantitative estimate of drug-likeness (QED) is 0.771. The average Bonchev–Trinajstić information content (AvgIpc) is 2.48. The fourth-order valence-electron chi connectivity index (χ4n) is 2.99. The minimum Gasteiger partial charge on any atom is -0.306 e. The number of carbonyl (C=O) groups is 1. The summed E-state index contributed by atoms with van der Waals surface area (Å²) in [5, 5.41) is 0. The van der Waals surface area contributed by atoms with Gasteiger partial charge in [0.25, 0.3) is 0 Å². The van der Waals surface area contributed by atoms with E-state index in [2.05, 4.69) is 23.9 Å². The highest BCUT2D eigenvalue weighted by atomic mass is 16.1. The van der Waals surface area contributed by atoms with Crippen LogP contribution >= 0.6 is 0 Å². The molecule has 1 aromatic rings. The molecular formula is C17H26N2O. The van der Waals surface area contributed by atoms with E-state index in [1.807, 2.05) is 37.3 Å². The van der Waals surface area contributed by atoms with Crippen LogP contribution in [0.1, 0.15) is 30.1 Å². The molecule has 1 aliphatic rings. The van der Waals surface area contributed by atoms with Crippen molar-refractivity contribution in [1.82, 2.24) is 9.80 Å². The Morgan fingerprint density at radius 2 is 1.90 bits per heavy atom. The van der Waals surface area contributed by atoms with E-state index in [-0.39, 0.29) is 11.7 Å². The number of nitrogens with zero attached hydrogens (tertiary/aromatic N) is 2. The number of Topliss-reactive ketones (excluding diaryl/α,β-unsaturated/α-hetero) is 1. The predicted molar refractivity (Wildman–Crippen MR) is 83.1 cm³/mol. The lowest BCUT2D eigenvalue weighted by molar-refractivity contribution is 0.0850. The summed E-state index contributed by atoms with van der Waals surface area (Å²) in [7, 11) is 4.34. The maximum absolute atomic E-state index is 12.4. The summed E-state index contributed by atoms with van der Waals surface area (Å²) < 4.78 is 0. The third kappa shape index (κ3) is 3.90. The fraction of sp³-hybridized carbons (Fsp3) is 0.588. The van der Waals surface area contributed by atoms with E-state index in [9.17, 15) is 4.79 Å². The highest BCUT2D eigenvalue weighted by molar-refractivity contribution is 5.97. The van der Waals surface area contributed by atoms with Crippen LogP contribution in [-0.4, -0.2) is 55.4 Å². The number of hydrogen-bond donors (Lipinski definition) is 0. The van der Waals surface area contributed by atoms with E-state index in [1.54, 1.807) is 0 Å². The van der Waals surface area contributed by atoms with Crippen LogP contribution in [0.5, 0.6) is 0 Å². The molecule has 1 saturated heterocycles. The van der Waals surface area contributed by atoms with E-state index >= 15 is 0 Å². The topological polar surface area (TPSA) is 23.6 Å². The van der Waals surface area contributed by atoms with Crippen molar-refractivity contribution in [2.24, 2.45) is 5.92 Å². The maximum Gasteiger partial charge on any atom is 0.166 e. The first-order chi connectivity index (χ1) is 9.58. The molecule has 3 nitrogen and oxygen atoms in total. The van der Waals surface area contributed by atoms with Gasteiger partial charge in [0.05, 0.1) is 0 Å². The second-order valence-corrected chi connectivity index (χ2v) is 6.11. The van der Waals surface area contributed by atoms with Gasteiger partial charge in [-0.2, -0.15) is 0 Å². The Morgan fingerprint density at radius 1 is 1.30 bits per heavy atom. The zero-order valence-electron chi connectivity index (χ0n) is 12.9. The Morgan fingerprint density at radius 3 is 2.50 bits per heavy atom. The number of piperidine rings is 1. The van der Waals surface area contributed by atoms with E-state index < -0.39 is 0 Å². The number of likely N-dealkylation sites (tertiary alicyclic amines) is 1. The summed E-state index contributed by atoms with van der Waals surface area (Å²) in [4.78, 5) is 17.1. The molecule has 2 rings (SSSR count). The molecule has 20 heavy (non-hydrogen) atoms. The Balaban J connectivity index is 1.87. The normalized spacial score (nSPS) is 19.2. The van der Waals surface area contributed by atoms with Crippen LogP contribution in [-0.2, 0) is 0 Å². The number of ketones is 1. The largest absolute Gasteiger partial charge is 0.306 e. The maximum atomic E-state index is 12.4. The van der Waals surface area contributed by atoms with Gasteiger partial charge < -0.3 is 9.80 Å². The van der Waals surface area contributed by atoms with Gasteiger partial charge in [-0.15, -0.1) is 0 Å². The van der Waals surface area contributed by atoms with Gasteiger partial charge in [-0.3, -0.25) is 4.79 Å². The molecule has 0 aliphatic carbocycles. The lowest BCUT2D eigenvalue weighted by Crippen LogP contribution is -2.44. The molecule has 0 amide bonds. The summed E-state index contributed by atoms with van der Waals surface area (Å²) in [6.45, 7) is 5.22. The standard InChI is InChI=1S/C17H26N2O/c1-14(17(20)15-7-5-4-6-8-15)13-19(3)16-9-11-18(2)12-10-16/h4-8,14,16H,9-13H2,1-3H3. The zero-order valence-corrected chi connectivity index (χ0v) is 12.9. The summed E-state index contributed by atoms with van der Waals surface area (Å²) in [5.41, 5.74) is 0.830. The molecule has 1 aromatic carbocycles. The third-order valence-electron chi connectivity index (χ3n) is 4.38. The van der Waals surface area contributed by atoms with E-state index in [0.717, 1.165) is 25.2 Å². The van der Waals surface area contributed by atoms with Gasteiger partial charge in [-0.05, 0) is 40.0 Å². The van der Waals surface area contributed by atoms with Crippen molar-refractivity contribution in [3.05, 3.63) is 35.9 Å². The molecule has 1 atom stereocenters. The molecule has 1 unspecified atom stereocenters. The smallest absolute Gasteiger partial charge is 0.166 e. The Hall–Kier alpha value is -1.19. The summed E-state index contributed by atoms with van der Waals surface area (Å²) >= 11 is 0. The Kier molecular flexibility index (Phi) is 5.32. The second-order valence-electron chi connectivity index (χ2n) is 6.11. The summed E-state index contributed by atoms with van der Waals surface area (Å²) in [6.07, 6.45) is 2.42. The van der Waals surface area contributed by atoms with Gasteiger partial charge in [0.1, 0.15) is 0 Å². The van der Waals surface area contributed by atoms with Crippen molar-refractivity contribution < 1.29 is 4.79 Å². The molecule has 0 spiro atoms. The van der Waals surface area contributed by atoms with Crippen LogP contribution in [0.4, 0.5) is 0 Å². The minimum atomic E-state index is 0.0575. The van der Waals surface area contributed by atoms with Crippen molar-refractivity contribution >= 4 is 5.78 Å². The molecule has 1 aliphatic heterocycles. The Bertz CT molecular complexity index is 424. The molecule has 0 N–H and O–H groups in total. The first-order valence-corrected chi connectivity index (χ1v) is 7.56. The summed E-state index contributed by atoms with van der Waals surface area (Å²) in [6, 6.07) is 10.3. The van der Waals surface area contributed by atoms with Gasteiger partial charge in [0, 0.05) is 24.1 Å². The van der Waals surface area contributed by atoms with Gasteiger partial charge >= 0.3 is 0 Å². The molecule has 1 heterocycles. The van der Waals surface area contributed by atoms with E-state index in [0.29, 0.717) is 6.04 Å². The number of carbonyl (C=O) groups excluding carboxylic acids is 1. The summed E-state index contributed by atoms with van der Waals surface area (Å²) in [5.74, 6) is 0.312. The molecular weight excluding hydrogens is 248 g/mol. The highest BCUT2D eigenvalue weighted by Gasteiger charge is 2.24. The van der Waals surface area contributed by atoms with Crippen LogP contribution < -0.4 is 0 Å². The van der Waals surface area contributed by atoms with Gasteiger partial charge in [0.2, 0.25) is 0 Å². The van der Waals surface area contributed by atoms with Crippen molar-refractivity contribution in [3.8, 4) is 0 Å². The minimum absolute atomic E-state index is 0.0575. The Labute approximate surface area is 122 Å². The van der Waals surface area contributed by atoms with Crippen LogP contribution in [0.25, 0.3) is 0 Å². The highest BCUT2D eigenvalue weighted by Crippen LogP contribution is 2.17. The molecule has 0 radical (unpaired) electrons. The van der Waals surface area contributed by atoms with Crippen molar-refractivity contribution in [3.63, 3.8) is 0 Å². The molecule has 0 aromatic heterocycles. The molecule has 0 saturated carbocycles. The van der Waals surface area contributed by atoms with E-state index in [4.69, 9.17) is 0 Å². The van der Waals surface area contributed by atoms with Crippen molar-refractivity contribution in [1.29, 1.82) is 0 Å². The molecule has 3 heteroatoms. The fourth-order valence-corrected chi connectivity index (χ4v) is 2.99. The zero-order chi connectivity index (χ0) is 14.5. The first kappa shape index (κ1) is 15.2. The number of benzene rings is 1. The lowest BCUT2D eigenvalue weighted by atomic mass is 9.97. The average molecular weight is 274 g/mol. The van der Waals surface area contributed by atoms with Crippen LogP contribution in [0.15, 0.2) is 30.3 Å². The van der Waals surface area contributed by atoms with Gasteiger partial charge in [-0.25, -0.2) is 0 Å². The molecule has 1 fully saturated rings. The van der Waals surface area contributed by atoms with Crippen LogP contribution in [0.3, 0.4) is 0 Å². The third-order valence-corrected chi connectivity index (χ3v) is 4.38. The monoisotopic (exact) mass is 274 g/mol. The molecule has 0 bridgehead atoms. The van der Waals surface area contributed by atoms with Gasteiger partial charge in [0.15, 0.2) is 5.78 Å². The predicted octanol–water partition coefficient (Wildman–Crippen LogP) is 2.53. The van der Waals surface area contributed by atoms with Crippen LogP contribution in [0, 0.1) is 5.92 Å². The second kappa shape index (κ2) is 7.00. The van der Waals surface area contributed by atoms with E-state index in [1.165, 1.54) is 12.8 Å². The number of hydrogen-bond acceptors (Lipinski definition) is 3. The first-order valence-electron chi connectivity index (χ1n) is 7.56. The van der Waals surface area contributed by atoms with Gasteiger partial charge in [-0.1, -0.05) is 37.3 Å². The SMILES string of the molecule is CC(CN(C)C1CCN(C)CC1)C(=O)c1ccccc1.